The Morgan fingerprint density at radius 1 is 1.27 bits per heavy atom. The monoisotopic (exact) mass is 259 g/mol. The summed E-state index contributed by atoms with van der Waals surface area (Å²) in [6.45, 7) is 1.51. The van der Waals surface area contributed by atoms with Crippen LogP contribution in [0.1, 0.15) is 6.42 Å². The van der Waals surface area contributed by atoms with Crippen molar-refractivity contribution in [2.45, 2.75) is 6.42 Å². The molecule has 0 saturated carbocycles. The third-order valence-electron chi connectivity index (χ3n) is 1.55. The maximum absolute atomic E-state index is 11.3. The van der Waals surface area contributed by atoms with Gasteiger partial charge < -0.3 is 9.47 Å². The lowest BCUT2D eigenvalue weighted by Crippen LogP contribution is -2.30. The fraction of sp³-hybridized carbons (Fsp3) is 1.00. The molecule has 0 fully saturated rings. The molecule has 7 heteroatoms. The summed E-state index contributed by atoms with van der Waals surface area (Å²) >= 11 is 5.38. The molecule has 92 valence electrons. The summed E-state index contributed by atoms with van der Waals surface area (Å²) < 4.78 is 34.8. The van der Waals surface area contributed by atoms with Gasteiger partial charge in [0.25, 0.3) is 0 Å². The van der Waals surface area contributed by atoms with Crippen LogP contribution in [0, 0.1) is 0 Å². The largest absolute Gasteiger partial charge is 0.385 e. The van der Waals surface area contributed by atoms with Gasteiger partial charge in [0.1, 0.15) is 0 Å². The van der Waals surface area contributed by atoms with Crippen molar-refractivity contribution in [2.75, 3.05) is 45.1 Å². The van der Waals surface area contributed by atoms with Crippen molar-refractivity contribution in [3.63, 3.8) is 0 Å². The lowest BCUT2D eigenvalue weighted by atomic mass is 10.5. The summed E-state index contributed by atoms with van der Waals surface area (Å²) in [5, 5.41) is 0. The van der Waals surface area contributed by atoms with Gasteiger partial charge in [-0.3, -0.25) is 0 Å². The number of nitrogens with one attached hydrogen (secondary N) is 1. The molecule has 0 unspecified atom stereocenters. The highest BCUT2D eigenvalue weighted by molar-refractivity contribution is 7.89. The van der Waals surface area contributed by atoms with Crippen LogP contribution < -0.4 is 4.72 Å². The third kappa shape index (κ3) is 10.4. The van der Waals surface area contributed by atoms with Gasteiger partial charge in [0.2, 0.25) is 10.0 Å². The van der Waals surface area contributed by atoms with E-state index in [0.717, 1.165) is 0 Å². The number of sulfonamides is 1. The van der Waals surface area contributed by atoms with Gasteiger partial charge in [-0.15, -0.1) is 11.6 Å². The standard InChI is InChI=1S/C8H18ClNO4S/c1-13-5-2-8-15(11,12)10-4-7-14-6-3-9/h10H,2-8H2,1H3. The number of ether oxygens (including phenoxy) is 2. The van der Waals surface area contributed by atoms with E-state index in [4.69, 9.17) is 21.1 Å². The summed E-state index contributed by atoms with van der Waals surface area (Å²) in [6, 6.07) is 0. The molecule has 0 spiro atoms. The van der Waals surface area contributed by atoms with Crippen LogP contribution >= 0.6 is 11.6 Å². The van der Waals surface area contributed by atoms with E-state index in [-0.39, 0.29) is 12.3 Å². The second kappa shape index (κ2) is 9.35. The molecule has 0 aliphatic carbocycles. The van der Waals surface area contributed by atoms with E-state index >= 15 is 0 Å². The van der Waals surface area contributed by atoms with Crippen LogP contribution in [0.5, 0.6) is 0 Å². The van der Waals surface area contributed by atoms with Gasteiger partial charge in [-0.25, -0.2) is 13.1 Å². The molecule has 0 amide bonds. The third-order valence-corrected chi connectivity index (χ3v) is 3.18. The van der Waals surface area contributed by atoms with Gasteiger partial charge in [0.15, 0.2) is 0 Å². The summed E-state index contributed by atoms with van der Waals surface area (Å²) in [4.78, 5) is 0. The van der Waals surface area contributed by atoms with Crippen LogP contribution in [0.3, 0.4) is 0 Å². The fourth-order valence-corrected chi connectivity index (χ4v) is 2.04. The molecule has 1 N–H and O–H groups in total. The van der Waals surface area contributed by atoms with Crippen molar-refractivity contribution < 1.29 is 17.9 Å². The van der Waals surface area contributed by atoms with Crippen LogP contribution in [-0.2, 0) is 19.5 Å². The van der Waals surface area contributed by atoms with E-state index < -0.39 is 10.0 Å². The Labute approximate surface area is 96.1 Å². The van der Waals surface area contributed by atoms with Crippen LogP contribution in [0.2, 0.25) is 0 Å². The van der Waals surface area contributed by atoms with Gasteiger partial charge in [0.05, 0.1) is 19.0 Å². The minimum Gasteiger partial charge on any atom is -0.385 e. The topological polar surface area (TPSA) is 64.6 Å². The van der Waals surface area contributed by atoms with Crippen molar-refractivity contribution in [2.24, 2.45) is 0 Å². The molecule has 0 aromatic rings. The molecule has 5 nitrogen and oxygen atoms in total. The number of rotatable bonds is 10. The predicted octanol–water partition coefficient (Wildman–Crippen LogP) is 0.198. The first kappa shape index (κ1) is 15.1. The van der Waals surface area contributed by atoms with Crippen molar-refractivity contribution in [3.05, 3.63) is 0 Å². The number of halogens is 1. The van der Waals surface area contributed by atoms with Crippen LogP contribution in [0.25, 0.3) is 0 Å². The van der Waals surface area contributed by atoms with E-state index in [2.05, 4.69) is 4.72 Å². The molecule has 0 aliphatic heterocycles. The Kier molecular flexibility index (Phi) is 9.43. The smallest absolute Gasteiger partial charge is 0.211 e. The maximum atomic E-state index is 11.3. The van der Waals surface area contributed by atoms with Crippen molar-refractivity contribution in [1.29, 1.82) is 0 Å². The van der Waals surface area contributed by atoms with Crippen LogP contribution in [0.4, 0.5) is 0 Å². The van der Waals surface area contributed by atoms with E-state index in [1.165, 1.54) is 0 Å². The minimum absolute atomic E-state index is 0.0797. The van der Waals surface area contributed by atoms with Crippen molar-refractivity contribution >= 4 is 21.6 Å². The summed E-state index contributed by atoms with van der Waals surface area (Å²) in [6.07, 6.45) is 0.494. The second-order valence-corrected chi connectivity index (χ2v) is 5.17. The van der Waals surface area contributed by atoms with E-state index in [9.17, 15) is 8.42 Å². The van der Waals surface area contributed by atoms with E-state index in [1.54, 1.807) is 7.11 Å². The van der Waals surface area contributed by atoms with Crippen LogP contribution in [-0.4, -0.2) is 53.5 Å². The molecule has 0 aromatic carbocycles. The lowest BCUT2D eigenvalue weighted by molar-refractivity contribution is 0.155. The van der Waals surface area contributed by atoms with Gasteiger partial charge in [0, 0.05) is 26.1 Å². The quantitative estimate of drug-likeness (QED) is 0.450. The van der Waals surface area contributed by atoms with Crippen molar-refractivity contribution in [3.8, 4) is 0 Å². The number of hydrogen-bond donors (Lipinski definition) is 1. The first-order valence-corrected chi connectivity index (χ1v) is 6.91. The molecular formula is C8H18ClNO4S. The fourth-order valence-electron chi connectivity index (χ4n) is 0.891. The molecule has 0 radical (unpaired) electrons. The molecule has 0 bridgehead atoms. The van der Waals surface area contributed by atoms with E-state index in [0.29, 0.717) is 32.1 Å². The predicted molar refractivity (Wildman–Crippen MR) is 59.8 cm³/mol. The highest BCUT2D eigenvalue weighted by atomic mass is 35.5. The number of methoxy groups -OCH3 is 1. The minimum atomic E-state index is -3.18. The number of alkyl halides is 1. The van der Waals surface area contributed by atoms with Crippen molar-refractivity contribution in [1.82, 2.24) is 4.72 Å². The van der Waals surface area contributed by atoms with Gasteiger partial charge in [-0.05, 0) is 6.42 Å². The molecule has 0 saturated heterocycles. The first-order chi connectivity index (χ1) is 7.12. The van der Waals surface area contributed by atoms with Gasteiger partial charge in [-0.1, -0.05) is 0 Å². The molecular weight excluding hydrogens is 242 g/mol. The zero-order valence-corrected chi connectivity index (χ0v) is 10.4. The highest BCUT2D eigenvalue weighted by Gasteiger charge is 2.08. The zero-order valence-electron chi connectivity index (χ0n) is 8.87. The molecule has 0 aromatic heterocycles. The Hall–Kier alpha value is 0.120. The normalized spacial score (nSPS) is 11.9. The second-order valence-electron chi connectivity index (χ2n) is 2.86. The maximum Gasteiger partial charge on any atom is 0.211 e. The van der Waals surface area contributed by atoms with E-state index in [1.807, 2.05) is 0 Å². The Bertz CT molecular complexity index is 233. The number of hydrogen-bond acceptors (Lipinski definition) is 4. The summed E-state index contributed by atoms with van der Waals surface area (Å²) in [7, 11) is -1.64. The molecule has 0 heterocycles. The average molecular weight is 260 g/mol. The summed E-state index contributed by atoms with van der Waals surface area (Å²) in [5.41, 5.74) is 0. The Morgan fingerprint density at radius 3 is 2.60 bits per heavy atom. The molecule has 0 aliphatic rings. The summed E-state index contributed by atoms with van der Waals surface area (Å²) in [5.74, 6) is 0.497. The first-order valence-electron chi connectivity index (χ1n) is 4.72. The molecule has 15 heavy (non-hydrogen) atoms. The van der Waals surface area contributed by atoms with Gasteiger partial charge in [-0.2, -0.15) is 0 Å². The highest BCUT2D eigenvalue weighted by Crippen LogP contribution is 1.90. The molecule has 0 rings (SSSR count). The Morgan fingerprint density at radius 2 is 2.00 bits per heavy atom. The van der Waals surface area contributed by atoms with Gasteiger partial charge >= 0.3 is 0 Å². The van der Waals surface area contributed by atoms with Crippen LogP contribution in [0.15, 0.2) is 0 Å². The SMILES string of the molecule is COCCCS(=O)(=O)NCCOCCCl. The Balaban J connectivity index is 3.47. The average Bonchev–Trinajstić information content (AvgIpc) is 2.17. The molecule has 0 atom stereocenters. The lowest BCUT2D eigenvalue weighted by Gasteiger charge is -2.06. The zero-order chi connectivity index (χ0) is 11.6.